The summed E-state index contributed by atoms with van der Waals surface area (Å²) in [7, 11) is 1.66. The molecule has 0 radical (unpaired) electrons. The average molecular weight is 313 g/mol. The molecule has 0 N–H and O–H groups in total. The first-order valence-electron chi connectivity index (χ1n) is 7.03. The summed E-state index contributed by atoms with van der Waals surface area (Å²) in [6.45, 7) is 1.56. The second kappa shape index (κ2) is 5.82. The summed E-state index contributed by atoms with van der Waals surface area (Å²) in [5.41, 5.74) is 3.55. The fourth-order valence-corrected chi connectivity index (χ4v) is 3.74. The molecular weight excluding hydrogens is 298 g/mol. The molecule has 22 heavy (non-hydrogen) atoms. The van der Waals surface area contributed by atoms with Gasteiger partial charge in [0.05, 0.1) is 7.11 Å². The molecule has 0 amide bonds. The van der Waals surface area contributed by atoms with E-state index in [1.807, 2.05) is 30.3 Å². The van der Waals surface area contributed by atoms with E-state index in [1.165, 1.54) is 22.5 Å². The molecule has 1 aromatic heterocycles. The van der Waals surface area contributed by atoms with Crippen LogP contribution in [0.1, 0.15) is 27.7 Å². The molecule has 5 heteroatoms. The fourth-order valence-electron chi connectivity index (χ4n) is 2.58. The largest absolute Gasteiger partial charge is 0.497 e. The van der Waals surface area contributed by atoms with Gasteiger partial charge in [0.2, 0.25) is 0 Å². The summed E-state index contributed by atoms with van der Waals surface area (Å²) >= 11 is 1.43. The molecular formula is C17H15NO3S. The summed E-state index contributed by atoms with van der Waals surface area (Å²) in [6.07, 6.45) is 1.09. The van der Waals surface area contributed by atoms with Gasteiger partial charge >= 0.3 is 5.97 Å². The molecule has 0 unspecified atom stereocenters. The molecule has 1 atom stereocenters. The van der Waals surface area contributed by atoms with Crippen LogP contribution in [0.15, 0.2) is 24.3 Å². The molecule has 0 aliphatic heterocycles. The predicted octanol–water partition coefficient (Wildman–Crippen LogP) is 3.59. The Bertz CT molecular complexity index is 773. The number of nitrogens with zero attached hydrogens (tertiary/aromatic N) is 1. The van der Waals surface area contributed by atoms with E-state index in [2.05, 4.69) is 0 Å². The SMILES string of the molecule is COc1ccc2c(c1)CCc1cc(C(=O)O[C@H](C)C#N)sc1-2. The van der Waals surface area contributed by atoms with Gasteiger partial charge in [0.1, 0.15) is 16.7 Å². The third-order valence-corrected chi connectivity index (χ3v) is 4.89. The lowest BCUT2D eigenvalue weighted by molar-refractivity contribution is 0.0441. The average Bonchev–Trinajstić information content (AvgIpc) is 2.98. The van der Waals surface area contributed by atoms with Gasteiger partial charge in [-0.25, -0.2) is 4.79 Å². The van der Waals surface area contributed by atoms with Gasteiger partial charge in [0, 0.05) is 4.88 Å². The van der Waals surface area contributed by atoms with Crippen LogP contribution < -0.4 is 4.74 Å². The molecule has 112 valence electrons. The molecule has 1 aliphatic rings. The highest BCUT2D eigenvalue weighted by molar-refractivity contribution is 7.17. The maximum absolute atomic E-state index is 12.1. The number of aryl methyl sites for hydroxylation is 2. The molecule has 3 rings (SSSR count). The summed E-state index contributed by atoms with van der Waals surface area (Å²) in [5, 5.41) is 8.74. The van der Waals surface area contributed by atoms with Crippen LogP contribution in [0.25, 0.3) is 10.4 Å². The van der Waals surface area contributed by atoms with E-state index >= 15 is 0 Å². The number of methoxy groups -OCH3 is 1. The number of esters is 1. The van der Waals surface area contributed by atoms with Crippen molar-refractivity contribution in [2.45, 2.75) is 25.9 Å². The fraction of sp³-hybridized carbons (Fsp3) is 0.294. The van der Waals surface area contributed by atoms with Gasteiger partial charge in [-0.05, 0) is 60.7 Å². The third-order valence-electron chi connectivity index (χ3n) is 3.70. The standard InChI is InChI=1S/C17H15NO3S/c1-10(9-18)21-17(19)15-8-12-4-3-11-7-13(20-2)5-6-14(11)16(12)22-15/h5-8,10H,3-4H2,1-2H3/t10-/m1/s1. The lowest BCUT2D eigenvalue weighted by Gasteiger charge is -2.16. The first kappa shape index (κ1) is 14.6. The lowest BCUT2D eigenvalue weighted by atomic mass is 9.91. The highest BCUT2D eigenvalue weighted by Gasteiger charge is 2.23. The van der Waals surface area contributed by atoms with E-state index in [4.69, 9.17) is 14.7 Å². The summed E-state index contributed by atoms with van der Waals surface area (Å²) in [4.78, 5) is 13.7. The van der Waals surface area contributed by atoms with Crippen molar-refractivity contribution in [2.75, 3.05) is 7.11 Å². The van der Waals surface area contributed by atoms with Crippen LogP contribution in [0.3, 0.4) is 0 Å². The van der Waals surface area contributed by atoms with Gasteiger partial charge in [0.15, 0.2) is 6.10 Å². The quantitative estimate of drug-likeness (QED) is 0.813. The minimum atomic E-state index is -0.733. The molecule has 0 fully saturated rings. The number of carbonyl (C=O) groups is 1. The predicted molar refractivity (Wildman–Crippen MR) is 84.2 cm³/mol. The molecule has 1 aromatic carbocycles. The Balaban J connectivity index is 1.94. The zero-order chi connectivity index (χ0) is 15.7. The van der Waals surface area contributed by atoms with E-state index in [0.717, 1.165) is 29.0 Å². The van der Waals surface area contributed by atoms with Crippen molar-refractivity contribution in [3.63, 3.8) is 0 Å². The molecule has 1 heterocycles. The van der Waals surface area contributed by atoms with Crippen LogP contribution in [0, 0.1) is 11.3 Å². The van der Waals surface area contributed by atoms with Crippen LogP contribution >= 0.6 is 11.3 Å². The number of benzene rings is 1. The summed E-state index contributed by atoms with van der Waals surface area (Å²) in [6, 6.07) is 9.81. The van der Waals surface area contributed by atoms with E-state index in [0.29, 0.717) is 4.88 Å². The van der Waals surface area contributed by atoms with Crippen LogP contribution in [-0.2, 0) is 17.6 Å². The van der Waals surface area contributed by atoms with Crippen molar-refractivity contribution in [2.24, 2.45) is 0 Å². The van der Waals surface area contributed by atoms with E-state index in [9.17, 15) is 4.79 Å². The van der Waals surface area contributed by atoms with Crippen LogP contribution in [-0.4, -0.2) is 19.2 Å². The van der Waals surface area contributed by atoms with Crippen molar-refractivity contribution < 1.29 is 14.3 Å². The van der Waals surface area contributed by atoms with Gasteiger partial charge in [0.25, 0.3) is 0 Å². The number of ether oxygens (including phenoxy) is 2. The van der Waals surface area contributed by atoms with Crippen molar-refractivity contribution >= 4 is 17.3 Å². The zero-order valence-corrected chi connectivity index (χ0v) is 13.2. The Morgan fingerprint density at radius 3 is 2.82 bits per heavy atom. The van der Waals surface area contributed by atoms with Crippen molar-refractivity contribution in [1.82, 2.24) is 0 Å². The van der Waals surface area contributed by atoms with Gasteiger partial charge < -0.3 is 9.47 Å². The number of hydrogen-bond donors (Lipinski definition) is 0. The normalized spacial score (nSPS) is 13.5. The van der Waals surface area contributed by atoms with Gasteiger partial charge in [-0.15, -0.1) is 11.3 Å². The second-order valence-electron chi connectivity index (χ2n) is 5.16. The molecule has 2 aromatic rings. The Hall–Kier alpha value is -2.32. The topological polar surface area (TPSA) is 59.3 Å². The number of nitriles is 1. The number of thiophene rings is 1. The number of carbonyl (C=O) groups excluding carboxylic acids is 1. The molecule has 0 bridgehead atoms. The third kappa shape index (κ3) is 2.58. The van der Waals surface area contributed by atoms with E-state index in [-0.39, 0.29) is 0 Å². The van der Waals surface area contributed by atoms with Gasteiger partial charge in [-0.1, -0.05) is 0 Å². The minimum absolute atomic E-state index is 0.427. The first-order valence-corrected chi connectivity index (χ1v) is 7.84. The Morgan fingerprint density at radius 2 is 2.09 bits per heavy atom. The summed E-state index contributed by atoms with van der Waals surface area (Å²) < 4.78 is 10.3. The zero-order valence-electron chi connectivity index (χ0n) is 12.4. The number of fused-ring (bicyclic) bond motifs is 3. The molecule has 1 aliphatic carbocycles. The number of hydrogen-bond acceptors (Lipinski definition) is 5. The van der Waals surface area contributed by atoms with Crippen LogP contribution in [0.2, 0.25) is 0 Å². The first-order chi connectivity index (χ1) is 10.6. The Labute approximate surface area is 132 Å². The monoisotopic (exact) mass is 313 g/mol. The van der Waals surface area contributed by atoms with Crippen molar-refractivity contribution in [1.29, 1.82) is 5.26 Å². The van der Waals surface area contributed by atoms with E-state index in [1.54, 1.807) is 14.0 Å². The Kier molecular flexibility index (Phi) is 3.86. The molecule has 0 spiro atoms. The van der Waals surface area contributed by atoms with Crippen LogP contribution in [0.4, 0.5) is 0 Å². The minimum Gasteiger partial charge on any atom is -0.497 e. The molecule has 4 nitrogen and oxygen atoms in total. The summed E-state index contributed by atoms with van der Waals surface area (Å²) in [5.74, 6) is 0.421. The maximum Gasteiger partial charge on any atom is 0.349 e. The van der Waals surface area contributed by atoms with E-state index < -0.39 is 12.1 Å². The van der Waals surface area contributed by atoms with Crippen molar-refractivity contribution in [3.05, 3.63) is 40.3 Å². The van der Waals surface area contributed by atoms with Gasteiger partial charge in [-0.3, -0.25) is 0 Å². The van der Waals surface area contributed by atoms with Crippen molar-refractivity contribution in [3.8, 4) is 22.3 Å². The van der Waals surface area contributed by atoms with Crippen LogP contribution in [0.5, 0.6) is 5.75 Å². The maximum atomic E-state index is 12.1. The number of rotatable bonds is 3. The smallest absolute Gasteiger partial charge is 0.349 e. The highest BCUT2D eigenvalue weighted by Crippen LogP contribution is 2.41. The molecule has 0 saturated heterocycles. The lowest BCUT2D eigenvalue weighted by Crippen LogP contribution is -2.11. The second-order valence-corrected chi connectivity index (χ2v) is 6.22. The Morgan fingerprint density at radius 1 is 1.32 bits per heavy atom. The molecule has 0 saturated carbocycles. The highest BCUT2D eigenvalue weighted by atomic mass is 32.1. The van der Waals surface area contributed by atoms with Gasteiger partial charge in [-0.2, -0.15) is 5.26 Å².